The maximum Gasteiger partial charge on any atom is 0.265 e. The highest BCUT2D eigenvalue weighted by Crippen LogP contribution is 2.20. The lowest BCUT2D eigenvalue weighted by atomic mass is 10.1. The second kappa shape index (κ2) is 9.00. The van der Waals surface area contributed by atoms with Gasteiger partial charge in [0.25, 0.3) is 15.9 Å². The molecular weight excluding hydrogens is 400 g/mol. The molecule has 156 valence electrons. The zero-order valence-electron chi connectivity index (χ0n) is 17.0. The monoisotopic (exact) mass is 424 g/mol. The maximum absolute atomic E-state index is 12.5. The smallest absolute Gasteiger partial charge is 0.265 e. The third kappa shape index (κ3) is 5.61. The molecule has 1 amide bonds. The van der Waals surface area contributed by atoms with E-state index in [1.54, 1.807) is 49.4 Å². The molecule has 0 radical (unpaired) electrons. The second-order valence-corrected chi connectivity index (χ2v) is 8.75. The number of benzene rings is 3. The van der Waals surface area contributed by atoms with Crippen LogP contribution in [0.1, 0.15) is 18.1 Å². The lowest BCUT2D eigenvalue weighted by molar-refractivity contribution is -0.122. The molecule has 30 heavy (non-hydrogen) atoms. The largest absolute Gasteiger partial charge is 0.481 e. The summed E-state index contributed by atoms with van der Waals surface area (Å²) in [5.74, 6) is 0.302. The van der Waals surface area contributed by atoms with Gasteiger partial charge in [0.2, 0.25) is 0 Å². The Morgan fingerprint density at radius 2 is 1.47 bits per heavy atom. The average molecular weight is 425 g/mol. The van der Waals surface area contributed by atoms with Crippen LogP contribution in [-0.2, 0) is 14.8 Å². The molecule has 0 aromatic heterocycles. The summed E-state index contributed by atoms with van der Waals surface area (Å²) in [4.78, 5) is 12.5. The van der Waals surface area contributed by atoms with Gasteiger partial charge in [0.15, 0.2) is 6.10 Å². The fourth-order valence-corrected chi connectivity index (χ4v) is 4.00. The summed E-state index contributed by atoms with van der Waals surface area (Å²) in [5, 5.41) is 2.74. The number of ether oxygens (including phenoxy) is 1. The SMILES string of the molecule is Cc1cc(C)cc(O[C@@H](C)C(=O)Nc2ccc(S(=O)(=O)Nc3ccccc3)cc2)c1. The van der Waals surface area contributed by atoms with Crippen LogP contribution < -0.4 is 14.8 Å². The first kappa shape index (κ1) is 21.4. The highest BCUT2D eigenvalue weighted by Gasteiger charge is 2.17. The van der Waals surface area contributed by atoms with E-state index in [9.17, 15) is 13.2 Å². The quantitative estimate of drug-likeness (QED) is 0.584. The lowest BCUT2D eigenvalue weighted by Gasteiger charge is -2.16. The number of aryl methyl sites for hydroxylation is 2. The number of anilines is 2. The van der Waals surface area contributed by atoms with Gasteiger partial charge in [-0.2, -0.15) is 0 Å². The molecule has 0 aliphatic carbocycles. The molecule has 1 atom stereocenters. The summed E-state index contributed by atoms with van der Waals surface area (Å²) in [6, 6.07) is 20.4. The van der Waals surface area contributed by atoms with Crippen molar-refractivity contribution in [3.8, 4) is 5.75 Å². The second-order valence-electron chi connectivity index (χ2n) is 7.07. The van der Waals surface area contributed by atoms with Crippen LogP contribution in [-0.4, -0.2) is 20.4 Å². The summed E-state index contributed by atoms with van der Waals surface area (Å²) in [6.07, 6.45) is -0.714. The Labute approximate surface area is 177 Å². The number of sulfonamides is 1. The number of nitrogens with one attached hydrogen (secondary N) is 2. The number of rotatable bonds is 7. The molecule has 0 saturated heterocycles. The molecular formula is C23H24N2O4S. The highest BCUT2D eigenvalue weighted by molar-refractivity contribution is 7.92. The molecule has 3 aromatic rings. The van der Waals surface area contributed by atoms with Crippen LogP contribution in [0, 0.1) is 13.8 Å². The van der Waals surface area contributed by atoms with E-state index in [2.05, 4.69) is 10.0 Å². The molecule has 3 aromatic carbocycles. The Kier molecular flexibility index (Phi) is 6.42. The number of carbonyl (C=O) groups excluding carboxylic acids is 1. The summed E-state index contributed by atoms with van der Waals surface area (Å²) in [7, 11) is -3.71. The van der Waals surface area contributed by atoms with Crippen molar-refractivity contribution in [1.29, 1.82) is 0 Å². The molecule has 0 spiro atoms. The molecule has 0 bridgehead atoms. The molecule has 0 aliphatic rings. The van der Waals surface area contributed by atoms with Crippen molar-refractivity contribution in [3.63, 3.8) is 0 Å². The number of amides is 1. The van der Waals surface area contributed by atoms with Gasteiger partial charge < -0.3 is 10.1 Å². The van der Waals surface area contributed by atoms with Crippen LogP contribution in [0.2, 0.25) is 0 Å². The molecule has 6 nitrogen and oxygen atoms in total. The fraction of sp³-hybridized carbons (Fsp3) is 0.174. The van der Waals surface area contributed by atoms with E-state index in [0.29, 0.717) is 17.1 Å². The zero-order chi connectivity index (χ0) is 21.7. The number of hydrogen-bond acceptors (Lipinski definition) is 4. The van der Waals surface area contributed by atoms with Crippen molar-refractivity contribution in [3.05, 3.63) is 83.9 Å². The minimum atomic E-state index is -3.71. The van der Waals surface area contributed by atoms with Crippen LogP contribution in [0.4, 0.5) is 11.4 Å². The van der Waals surface area contributed by atoms with Crippen molar-refractivity contribution < 1.29 is 17.9 Å². The Bertz CT molecular complexity index is 1110. The molecule has 7 heteroatoms. The first-order chi connectivity index (χ1) is 14.2. The summed E-state index contributed by atoms with van der Waals surface area (Å²) in [5.41, 5.74) is 3.07. The van der Waals surface area contributed by atoms with Gasteiger partial charge >= 0.3 is 0 Å². The number of hydrogen-bond donors (Lipinski definition) is 2. The first-order valence-corrected chi connectivity index (χ1v) is 10.9. The zero-order valence-corrected chi connectivity index (χ0v) is 17.9. The van der Waals surface area contributed by atoms with Crippen LogP contribution in [0.3, 0.4) is 0 Å². The van der Waals surface area contributed by atoms with Gasteiger partial charge in [0.1, 0.15) is 5.75 Å². The van der Waals surface area contributed by atoms with E-state index in [-0.39, 0.29) is 10.8 Å². The van der Waals surface area contributed by atoms with Crippen LogP contribution >= 0.6 is 0 Å². The summed E-state index contributed by atoms with van der Waals surface area (Å²) >= 11 is 0. The average Bonchev–Trinajstić information content (AvgIpc) is 2.68. The van der Waals surface area contributed by atoms with Gasteiger partial charge in [0.05, 0.1) is 4.90 Å². The third-order valence-electron chi connectivity index (χ3n) is 4.34. The molecule has 0 unspecified atom stereocenters. The molecule has 0 fully saturated rings. The maximum atomic E-state index is 12.5. The minimum absolute atomic E-state index is 0.101. The van der Waals surface area contributed by atoms with Gasteiger partial charge in [0, 0.05) is 11.4 Å². The lowest BCUT2D eigenvalue weighted by Crippen LogP contribution is -2.30. The molecule has 0 aliphatic heterocycles. The highest BCUT2D eigenvalue weighted by atomic mass is 32.2. The van der Waals surface area contributed by atoms with Crippen molar-refractivity contribution in [1.82, 2.24) is 0 Å². The van der Waals surface area contributed by atoms with Gasteiger partial charge in [-0.05, 0) is 80.4 Å². The van der Waals surface area contributed by atoms with Gasteiger partial charge in [-0.1, -0.05) is 24.3 Å². The summed E-state index contributed by atoms with van der Waals surface area (Å²) < 4.78 is 33.2. The van der Waals surface area contributed by atoms with Crippen molar-refractivity contribution >= 4 is 27.3 Å². The van der Waals surface area contributed by atoms with Gasteiger partial charge in [-0.15, -0.1) is 0 Å². The topological polar surface area (TPSA) is 84.5 Å². The van der Waals surface area contributed by atoms with Gasteiger partial charge in [-0.3, -0.25) is 9.52 Å². The molecule has 3 rings (SSSR count). The van der Waals surface area contributed by atoms with E-state index in [4.69, 9.17) is 4.74 Å². The Morgan fingerprint density at radius 3 is 2.07 bits per heavy atom. The predicted octanol–water partition coefficient (Wildman–Crippen LogP) is 4.51. The van der Waals surface area contributed by atoms with Gasteiger partial charge in [-0.25, -0.2) is 8.42 Å². The van der Waals surface area contributed by atoms with Crippen LogP contribution in [0.5, 0.6) is 5.75 Å². The summed E-state index contributed by atoms with van der Waals surface area (Å²) in [6.45, 7) is 5.59. The van der Waals surface area contributed by atoms with E-state index >= 15 is 0 Å². The first-order valence-electron chi connectivity index (χ1n) is 9.47. The standard InChI is InChI=1S/C23H24N2O4S/c1-16-13-17(2)15-21(14-16)29-18(3)23(26)24-19-9-11-22(12-10-19)30(27,28)25-20-7-5-4-6-8-20/h4-15,18,25H,1-3H3,(H,24,26)/t18-/m0/s1. The molecule has 2 N–H and O–H groups in total. The minimum Gasteiger partial charge on any atom is -0.481 e. The molecule has 0 heterocycles. The van der Waals surface area contributed by atoms with E-state index < -0.39 is 16.1 Å². The Hall–Kier alpha value is -3.32. The van der Waals surface area contributed by atoms with Crippen molar-refractivity contribution in [2.24, 2.45) is 0 Å². The fourth-order valence-electron chi connectivity index (χ4n) is 2.94. The van der Waals surface area contributed by atoms with Crippen LogP contribution in [0.15, 0.2) is 77.7 Å². The Balaban J connectivity index is 1.63. The van der Waals surface area contributed by atoms with Crippen molar-refractivity contribution in [2.75, 3.05) is 10.0 Å². The normalized spacial score (nSPS) is 12.1. The number of carbonyl (C=O) groups is 1. The van der Waals surface area contributed by atoms with Crippen LogP contribution in [0.25, 0.3) is 0 Å². The van der Waals surface area contributed by atoms with Crippen molar-refractivity contribution in [2.45, 2.75) is 31.8 Å². The van der Waals surface area contributed by atoms with E-state index in [1.807, 2.05) is 32.0 Å². The Morgan fingerprint density at radius 1 is 0.867 bits per heavy atom. The molecule has 0 saturated carbocycles. The number of para-hydroxylation sites is 1. The predicted molar refractivity (Wildman–Crippen MR) is 118 cm³/mol. The van der Waals surface area contributed by atoms with E-state index in [0.717, 1.165) is 11.1 Å². The third-order valence-corrected chi connectivity index (χ3v) is 5.73. The van der Waals surface area contributed by atoms with E-state index in [1.165, 1.54) is 12.1 Å².